The molecule has 3 nitrogen and oxygen atoms in total. The summed E-state index contributed by atoms with van der Waals surface area (Å²) in [6, 6.07) is 0.330. The lowest BCUT2D eigenvalue weighted by Gasteiger charge is -2.38. The highest BCUT2D eigenvalue weighted by Gasteiger charge is 2.37. The Hall–Kier alpha value is -0.570. The van der Waals surface area contributed by atoms with E-state index >= 15 is 0 Å². The van der Waals surface area contributed by atoms with Crippen LogP contribution in [0.3, 0.4) is 0 Å². The second-order valence-electron chi connectivity index (χ2n) is 5.77. The number of hydrogen-bond donors (Lipinski definition) is 2. The van der Waals surface area contributed by atoms with Gasteiger partial charge in [-0.25, -0.2) is 0 Å². The lowest BCUT2D eigenvalue weighted by atomic mass is 9.71. The van der Waals surface area contributed by atoms with Crippen molar-refractivity contribution in [3.63, 3.8) is 0 Å². The zero-order valence-corrected chi connectivity index (χ0v) is 10.3. The minimum atomic E-state index is -0.235. The zero-order valence-electron chi connectivity index (χ0n) is 10.3. The summed E-state index contributed by atoms with van der Waals surface area (Å²) in [6.07, 6.45) is 10.9. The van der Waals surface area contributed by atoms with Crippen LogP contribution in [0.1, 0.15) is 58.3 Å². The average Bonchev–Trinajstić information content (AvgIpc) is 2.70. The molecule has 3 heteroatoms. The number of nitrogens with two attached hydrogens (primary N) is 1. The molecule has 2 aliphatic carbocycles. The number of nitrogens with one attached hydrogen (secondary N) is 1. The van der Waals surface area contributed by atoms with E-state index in [1.807, 2.05) is 6.92 Å². The van der Waals surface area contributed by atoms with Crippen LogP contribution in [0.15, 0.2) is 0 Å². The molecule has 2 saturated carbocycles. The number of primary amides is 1. The van der Waals surface area contributed by atoms with Gasteiger partial charge in [0.15, 0.2) is 0 Å². The van der Waals surface area contributed by atoms with Crippen molar-refractivity contribution in [1.82, 2.24) is 5.32 Å². The van der Waals surface area contributed by atoms with E-state index in [0.717, 1.165) is 0 Å². The summed E-state index contributed by atoms with van der Waals surface area (Å²) in [7, 11) is 0. The summed E-state index contributed by atoms with van der Waals surface area (Å²) in [4.78, 5) is 11.0. The molecule has 2 aliphatic rings. The minimum Gasteiger partial charge on any atom is -0.368 e. The molecule has 1 amide bonds. The monoisotopic (exact) mass is 224 g/mol. The molecule has 0 aromatic heterocycles. The Kier molecular flexibility index (Phi) is 3.53. The molecule has 92 valence electrons. The Balaban J connectivity index is 1.78. The molecule has 2 fully saturated rings. The first kappa shape index (κ1) is 11.9. The molecule has 1 unspecified atom stereocenters. The van der Waals surface area contributed by atoms with E-state index in [-0.39, 0.29) is 11.9 Å². The molecule has 0 heterocycles. The predicted octanol–water partition coefficient (Wildman–Crippen LogP) is 1.95. The molecular weight excluding hydrogens is 200 g/mol. The number of carbonyl (C=O) groups excluding carboxylic acids is 1. The summed E-state index contributed by atoms with van der Waals surface area (Å²) in [5, 5.41) is 3.35. The van der Waals surface area contributed by atoms with E-state index in [9.17, 15) is 4.79 Å². The highest BCUT2D eigenvalue weighted by Crippen LogP contribution is 2.48. The van der Waals surface area contributed by atoms with Gasteiger partial charge in [-0.05, 0) is 50.9 Å². The van der Waals surface area contributed by atoms with Crippen LogP contribution in [0.25, 0.3) is 0 Å². The van der Waals surface area contributed by atoms with Crippen molar-refractivity contribution < 1.29 is 4.79 Å². The van der Waals surface area contributed by atoms with Crippen molar-refractivity contribution in [3.8, 4) is 0 Å². The van der Waals surface area contributed by atoms with Gasteiger partial charge in [0.05, 0.1) is 6.04 Å². The molecule has 2 rings (SSSR count). The first-order valence-corrected chi connectivity index (χ1v) is 6.67. The van der Waals surface area contributed by atoms with Crippen molar-refractivity contribution >= 4 is 5.91 Å². The summed E-state index contributed by atoms with van der Waals surface area (Å²) in [5.41, 5.74) is 5.94. The third kappa shape index (κ3) is 2.57. The molecule has 0 aromatic carbocycles. The normalized spacial score (nSPS) is 27.1. The maximum atomic E-state index is 11.0. The van der Waals surface area contributed by atoms with Crippen LogP contribution in [-0.4, -0.2) is 18.0 Å². The van der Waals surface area contributed by atoms with Gasteiger partial charge in [0, 0.05) is 6.04 Å². The van der Waals surface area contributed by atoms with E-state index in [2.05, 4.69) is 5.32 Å². The fourth-order valence-electron chi connectivity index (χ4n) is 3.46. The second kappa shape index (κ2) is 4.74. The number of hydrogen-bond acceptors (Lipinski definition) is 2. The molecule has 0 radical (unpaired) electrons. The largest absolute Gasteiger partial charge is 0.368 e. The van der Waals surface area contributed by atoms with Crippen LogP contribution < -0.4 is 11.1 Å². The van der Waals surface area contributed by atoms with Gasteiger partial charge in [0.2, 0.25) is 5.91 Å². The minimum absolute atomic E-state index is 0.178. The van der Waals surface area contributed by atoms with E-state index in [1.54, 1.807) is 0 Å². The molecule has 1 spiro atoms. The third-order valence-corrected chi connectivity index (χ3v) is 4.62. The van der Waals surface area contributed by atoms with Crippen molar-refractivity contribution in [2.24, 2.45) is 11.1 Å². The fraction of sp³-hybridized carbons (Fsp3) is 0.923. The SMILES string of the molecule is CC(NC1CCC2(CCCC2)CC1)C(N)=O. The van der Waals surface area contributed by atoms with E-state index < -0.39 is 0 Å². The fourth-order valence-corrected chi connectivity index (χ4v) is 3.46. The molecule has 0 aromatic rings. The van der Waals surface area contributed by atoms with Gasteiger partial charge in [0.1, 0.15) is 0 Å². The Bertz CT molecular complexity index is 249. The molecule has 0 bridgehead atoms. The first-order valence-electron chi connectivity index (χ1n) is 6.67. The summed E-state index contributed by atoms with van der Waals surface area (Å²) >= 11 is 0. The molecular formula is C13H24N2O. The smallest absolute Gasteiger partial charge is 0.234 e. The third-order valence-electron chi connectivity index (χ3n) is 4.62. The Labute approximate surface area is 98.2 Å². The molecule has 0 saturated heterocycles. The number of amides is 1. The van der Waals surface area contributed by atoms with Crippen molar-refractivity contribution in [2.45, 2.75) is 70.4 Å². The Morgan fingerprint density at radius 3 is 2.31 bits per heavy atom. The summed E-state index contributed by atoms with van der Waals surface area (Å²) < 4.78 is 0. The Morgan fingerprint density at radius 1 is 1.25 bits per heavy atom. The maximum Gasteiger partial charge on any atom is 0.234 e. The van der Waals surface area contributed by atoms with E-state index in [0.29, 0.717) is 11.5 Å². The molecule has 0 aliphatic heterocycles. The highest BCUT2D eigenvalue weighted by molar-refractivity contribution is 5.79. The van der Waals surface area contributed by atoms with Crippen LogP contribution in [-0.2, 0) is 4.79 Å². The first-order chi connectivity index (χ1) is 7.61. The quantitative estimate of drug-likeness (QED) is 0.770. The highest BCUT2D eigenvalue weighted by atomic mass is 16.1. The second-order valence-corrected chi connectivity index (χ2v) is 5.77. The van der Waals surface area contributed by atoms with Gasteiger partial charge in [-0.3, -0.25) is 4.79 Å². The van der Waals surface area contributed by atoms with Crippen LogP contribution >= 0.6 is 0 Å². The van der Waals surface area contributed by atoms with Gasteiger partial charge in [-0.15, -0.1) is 0 Å². The van der Waals surface area contributed by atoms with Crippen LogP contribution in [0.5, 0.6) is 0 Å². The molecule has 1 atom stereocenters. The van der Waals surface area contributed by atoms with Crippen LogP contribution in [0, 0.1) is 5.41 Å². The van der Waals surface area contributed by atoms with Crippen LogP contribution in [0.2, 0.25) is 0 Å². The number of carbonyl (C=O) groups is 1. The van der Waals surface area contributed by atoms with Gasteiger partial charge >= 0.3 is 0 Å². The zero-order chi connectivity index (χ0) is 11.6. The van der Waals surface area contributed by atoms with Gasteiger partial charge in [0.25, 0.3) is 0 Å². The van der Waals surface area contributed by atoms with E-state index in [1.165, 1.54) is 51.4 Å². The lowest BCUT2D eigenvalue weighted by Crippen LogP contribution is -2.46. The van der Waals surface area contributed by atoms with E-state index in [4.69, 9.17) is 5.73 Å². The average molecular weight is 224 g/mol. The number of rotatable bonds is 3. The van der Waals surface area contributed by atoms with Crippen LogP contribution in [0.4, 0.5) is 0 Å². The predicted molar refractivity (Wildman–Crippen MR) is 64.9 cm³/mol. The Morgan fingerprint density at radius 2 is 1.81 bits per heavy atom. The van der Waals surface area contributed by atoms with Gasteiger partial charge in [-0.2, -0.15) is 0 Å². The maximum absolute atomic E-state index is 11.0. The summed E-state index contributed by atoms with van der Waals surface area (Å²) in [5.74, 6) is -0.235. The lowest BCUT2D eigenvalue weighted by molar-refractivity contribution is -0.119. The van der Waals surface area contributed by atoms with Crippen molar-refractivity contribution in [1.29, 1.82) is 0 Å². The molecule has 3 N–H and O–H groups in total. The van der Waals surface area contributed by atoms with Crippen molar-refractivity contribution in [2.75, 3.05) is 0 Å². The standard InChI is InChI=1S/C13H24N2O/c1-10(12(14)16)15-11-4-8-13(9-5-11)6-2-3-7-13/h10-11,15H,2-9H2,1H3,(H2,14,16). The van der Waals surface area contributed by atoms with Gasteiger partial charge < -0.3 is 11.1 Å². The topological polar surface area (TPSA) is 55.1 Å². The van der Waals surface area contributed by atoms with Gasteiger partial charge in [-0.1, -0.05) is 12.8 Å². The van der Waals surface area contributed by atoms with Crippen molar-refractivity contribution in [3.05, 3.63) is 0 Å². The molecule has 16 heavy (non-hydrogen) atoms. The summed E-state index contributed by atoms with van der Waals surface area (Å²) in [6.45, 7) is 1.86.